The van der Waals surface area contributed by atoms with Gasteiger partial charge >= 0.3 is 0 Å². The van der Waals surface area contributed by atoms with Gasteiger partial charge in [-0.15, -0.1) is 0 Å². The summed E-state index contributed by atoms with van der Waals surface area (Å²) in [6.07, 6.45) is 0.972. The quantitative estimate of drug-likeness (QED) is 0.678. The topological polar surface area (TPSA) is 12.5 Å². The molecule has 2 nitrogen and oxygen atoms in total. The highest BCUT2D eigenvalue weighted by Gasteiger charge is 2.16. The minimum Gasteiger partial charge on any atom is -0.473 e. The summed E-state index contributed by atoms with van der Waals surface area (Å²) in [4.78, 5) is 2.26. The van der Waals surface area contributed by atoms with Gasteiger partial charge in [-0.3, -0.25) is 0 Å². The molecular weight excluding hydrogens is 294 g/mol. The van der Waals surface area contributed by atoms with Gasteiger partial charge < -0.3 is 9.64 Å². The fourth-order valence-corrected chi connectivity index (χ4v) is 3.11. The number of rotatable bonds is 3. The predicted molar refractivity (Wildman–Crippen MR) is 98.5 cm³/mol. The third kappa shape index (κ3) is 3.13. The monoisotopic (exact) mass is 315 g/mol. The average molecular weight is 315 g/mol. The number of hydrogen-bond acceptors (Lipinski definition) is 2. The van der Waals surface area contributed by atoms with Crippen LogP contribution in [0.15, 0.2) is 72.8 Å². The molecular formula is C22H21NO. The normalized spacial score (nSPS) is 13.3. The van der Waals surface area contributed by atoms with Gasteiger partial charge in [0.2, 0.25) is 0 Å². The van der Waals surface area contributed by atoms with Crippen molar-refractivity contribution in [1.29, 1.82) is 0 Å². The van der Waals surface area contributed by atoms with Gasteiger partial charge in [-0.2, -0.15) is 0 Å². The van der Waals surface area contributed by atoms with E-state index in [0.717, 1.165) is 18.7 Å². The molecule has 0 unspecified atom stereocenters. The molecule has 2 heteroatoms. The standard InChI is InChI=1S/C22H21NO/c1-17-6-8-18(9-7-17)14-19-10-12-21(13-11-19)23-15-20-4-2-3-5-22(20)24-16-23/h2-13H,14-16H2,1H3. The molecule has 0 aliphatic carbocycles. The largest absolute Gasteiger partial charge is 0.473 e. The third-order valence-corrected chi connectivity index (χ3v) is 4.54. The van der Waals surface area contributed by atoms with Crippen molar-refractivity contribution in [3.63, 3.8) is 0 Å². The summed E-state index contributed by atoms with van der Waals surface area (Å²) in [6.45, 7) is 3.62. The van der Waals surface area contributed by atoms with Crippen LogP contribution in [0.25, 0.3) is 0 Å². The second-order valence-electron chi connectivity index (χ2n) is 6.41. The lowest BCUT2D eigenvalue weighted by molar-refractivity contribution is 0.289. The highest BCUT2D eigenvalue weighted by Crippen LogP contribution is 2.28. The highest BCUT2D eigenvalue weighted by molar-refractivity contribution is 5.51. The Labute approximate surface area is 143 Å². The average Bonchev–Trinajstić information content (AvgIpc) is 2.64. The van der Waals surface area contributed by atoms with E-state index in [0.29, 0.717) is 6.73 Å². The molecule has 3 aromatic carbocycles. The van der Waals surface area contributed by atoms with Crippen molar-refractivity contribution in [1.82, 2.24) is 0 Å². The van der Waals surface area contributed by atoms with E-state index in [4.69, 9.17) is 4.74 Å². The highest BCUT2D eigenvalue weighted by atomic mass is 16.5. The van der Waals surface area contributed by atoms with Crippen molar-refractivity contribution in [2.45, 2.75) is 19.9 Å². The molecule has 3 aromatic rings. The maximum Gasteiger partial charge on any atom is 0.161 e. The van der Waals surface area contributed by atoms with Gasteiger partial charge in [0.05, 0.1) is 0 Å². The number of benzene rings is 3. The summed E-state index contributed by atoms with van der Waals surface area (Å²) >= 11 is 0. The number of nitrogens with zero attached hydrogens (tertiary/aromatic N) is 1. The summed E-state index contributed by atoms with van der Waals surface area (Å²) in [6, 6.07) is 25.8. The number of aryl methyl sites for hydroxylation is 1. The molecule has 0 saturated heterocycles. The van der Waals surface area contributed by atoms with Gasteiger partial charge in [0.1, 0.15) is 5.75 Å². The molecule has 0 aromatic heterocycles. The molecule has 0 amide bonds. The Hall–Kier alpha value is -2.74. The van der Waals surface area contributed by atoms with Crippen LogP contribution in [0.3, 0.4) is 0 Å². The maximum absolute atomic E-state index is 5.85. The molecule has 0 radical (unpaired) electrons. The van der Waals surface area contributed by atoms with E-state index in [2.05, 4.69) is 72.5 Å². The summed E-state index contributed by atoms with van der Waals surface area (Å²) in [5.74, 6) is 1.00. The molecule has 0 atom stereocenters. The summed E-state index contributed by atoms with van der Waals surface area (Å²) in [5.41, 5.74) is 6.44. The Bertz CT molecular complexity index is 821. The van der Waals surface area contributed by atoms with E-state index in [1.165, 1.54) is 27.9 Å². The van der Waals surface area contributed by atoms with Crippen molar-refractivity contribution in [3.05, 3.63) is 95.1 Å². The molecule has 4 rings (SSSR count). The van der Waals surface area contributed by atoms with E-state index in [9.17, 15) is 0 Å². The van der Waals surface area contributed by atoms with E-state index >= 15 is 0 Å². The van der Waals surface area contributed by atoms with Crippen LogP contribution in [0, 0.1) is 6.92 Å². The SMILES string of the molecule is Cc1ccc(Cc2ccc(N3COc4ccccc4C3)cc2)cc1. The zero-order valence-electron chi connectivity index (χ0n) is 13.9. The maximum atomic E-state index is 5.85. The van der Waals surface area contributed by atoms with Gasteiger partial charge in [0.25, 0.3) is 0 Å². The minimum atomic E-state index is 0.605. The van der Waals surface area contributed by atoms with Crippen LogP contribution in [-0.2, 0) is 13.0 Å². The van der Waals surface area contributed by atoms with E-state index < -0.39 is 0 Å². The number of ether oxygens (including phenoxy) is 1. The van der Waals surface area contributed by atoms with Crippen LogP contribution >= 0.6 is 0 Å². The number of hydrogen-bond donors (Lipinski definition) is 0. The van der Waals surface area contributed by atoms with Gasteiger partial charge in [-0.05, 0) is 42.7 Å². The Morgan fingerprint density at radius 2 is 1.50 bits per heavy atom. The number of fused-ring (bicyclic) bond motifs is 1. The third-order valence-electron chi connectivity index (χ3n) is 4.54. The second kappa shape index (κ2) is 6.40. The minimum absolute atomic E-state index is 0.605. The predicted octanol–water partition coefficient (Wildman–Crippen LogP) is 4.94. The molecule has 0 N–H and O–H groups in total. The van der Waals surface area contributed by atoms with Crippen LogP contribution in [0.2, 0.25) is 0 Å². The summed E-state index contributed by atoms with van der Waals surface area (Å²) < 4.78 is 5.85. The van der Waals surface area contributed by atoms with Crippen LogP contribution in [0.4, 0.5) is 5.69 Å². The van der Waals surface area contributed by atoms with Crippen molar-refractivity contribution >= 4 is 5.69 Å². The Morgan fingerprint density at radius 1 is 0.833 bits per heavy atom. The van der Waals surface area contributed by atoms with Gasteiger partial charge in [0.15, 0.2) is 6.73 Å². The van der Waals surface area contributed by atoms with Crippen molar-refractivity contribution in [2.75, 3.05) is 11.6 Å². The lowest BCUT2D eigenvalue weighted by Crippen LogP contribution is -2.31. The van der Waals surface area contributed by atoms with Crippen molar-refractivity contribution in [2.24, 2.45) is 0 Å². The molecule has 1 aliphatic heterocycles. The van der Waals surface area contributed by atoms with Gasteiger partial charge in [0, 0.05) is 17.8 Å². The molecule has 0 spiro atoms. The molecule has 1 aliphatic rings. The Kier molecular flexibility index (Phi) is 3.96. The molecule has 120 valence electrons. The Morgan fingerprint density at radius 3 is 2.25 bits per heavy atom. The number of para-hydroxylation sites is 1. The first-order valence-electron chi connectivity index (χ1n) is 8.38. The molecule has 0 saturated carbocycles. The Balaban J connectivity index is 1.47. The van der Waals surface area contributed by atoms with E-state index in [1.807, 2.05) is 12.1 Å². The zero-order valence-corrected chi connectivity index (χ0v) is 13.9. The first-order valence-corrected chi connectivity index (χ1v) is 8.38. The zero-order chi connectivity index (χ0) is 16.4. The lowest BCUT2D eigenvalue weighted by atomic mass is 10.0. The van der Waals surface area contributed by atoms with Crippen LogP contribution in [-0.4, -0.2) is 6.73 Å². The van der Waals surface area contributed by atoms with Crippen LogP contribution in [0.1, 0.15) is 22.3 Å². The van der Waals surface area contributed by atoms with Gasteiger partial charge in [-0.25, -0.2) is 0 Å². The van der Waals surface area contributed by atoms with Crippen molar-refractivity contribution in [3.8, 4) is 5.75 Å². The van der Waals surface area contributed by atoms with Crippen molar-refractivity contribution < 1.29 is 4.74 Å². The van der Waals surface area contributed by atoms with Crippen LogP contribution in [0.5, 0.6) is 5.75 Å². The lowest BCUT2D eigenvalue weighted by Gasteiger charge is -2.30. The van der Waals surface area contributed by atoms with Gasteiger partial charge in [-0.1, -0.05) is 60.2 Å². The van der Waals surface area contributed by atoms with Crippen LogP contribution < -0.4 is 9.64 Å². The smallest absolute Gasteiger partial charge is 0.161 e. The molecule has 0 fully saturated rings. The molecule has 24 heavy (non-hydrogen) atoms. The van der Waals surface area contributed by atoms with E-state index in [-0.39, 0.29) is 0 Å². The molecule has 1 heterocycles. The summed E-state index contributed by atoms with van der Waals surface area (Å²) in [5, 5.41) is 0. The second-order valence-corrected chi connectivity index (χ2v) is 6.41. The molecule has 0 bridgehead atoms. The fraction of sp³-hybridized carbons (Fsp3) is 0.182. The first kappa shape index (κ1) is 14.8. The summed E-state index contributed by atoms with van der Waals surface area (Å²) in [7, 11) is 0. The first-order chi connectivity index (χ1) is 11.8. The van der Waals surface area contributed by atoms with E-state index in [1.54, 1.807) is 0 Å². The number of anilines is 1. The fourth-order valence-electron chi connectivity index (χ4n) is 3.11.